The molecule has 1 aromatic heterocycles. The van der Waals surface area contributed by atoms with Crippen LogP contribution < -0.4 is 10.6 Å². The van der Waals surface area contributed by atoms with Crippen LogP contribution >= 0.6 is 11.6 Å². The third-order valence-corrected chi connectivity index (χ3v) is 4.24. The summed E-state index contributed by atoms with van der Waals surface area (Å²) >= 11 is 5.99. The standard InChI is InChI=1S/C20H19ClN4O2/c21-17-9-5-4-8-16(17)20(27)22-12-11-19(26)24-18-10-13-23-25(18)14-15-6-2-1-3-7-15/h1-10,13H,11-12,14H2,(H,22,27)(H,24,26). The fourth-order valence-corrected chi connectivity index (χ4v) is 2.78. The van der Waals surface area contributed by atoms with Crippen molar-refractivity contribution in [3.63, 3.8) is 0 Å². The molecule has 27 heavy (non-hydrogen) atoms. The van der Waals surface area contributed by atoms with Gasteiger partial charge in [0.25, 0.3) is 5.91 Å². The minimum absolute atomic E-state index is 0.146. The lowest BCUT2D eigenvalue weighted by atomic mass is 10.2. The zero-order chi connectivity index (χ0) is 19.1. The molecule has 0 bridgehead atoms. The molecule has 0 saturated heterocycles. The van der Waals surface area contributed by atoms with Gasteiger partial charge in [0.1, 0.15) is 5.82 Å². The highest BCUT2D eigenvalue weighted by Crippen LogP contribution is 2.14. The van der Waals surface area contributed by atoms with Crippen molar-refractivity contribution in [2.45, 2.75) is 13.0 Å². The monoisotopic (exact) mass is 382 g/mol. The molecule has 3 rings (SSSR count). The summed E-state index contributed by atoms with van der Waals surface area (Å²) in [5, 5.41) is 10.1. The van der Waals surface area contributed by atoms with Gasteiger partial charge >= 0.3 is 0 Å². The maximum absolute atomic E-state index is 12.2. The van der Waals surface area contributed by atoms with Crippen molar-refractivity contribution >= 4 is 29.2 Å². The van der Waals surface area contributed by atoms with Gasteiger partial charge in [-0.15, -0.1) is 0 Å². The number of hydrogen-bond donors (Lipinski definition) is 2. The Morgan fingerprint density at radius 2 is 1.74 bits per heavy atom. The first-order valence-corrected chi connectivity index (χ1v) is 8.89. The largest absolute Gasteiger partial charge is 0.351 e. The van der Waals surface area contributed by atoms with E-state index in [9.17, 15) is 9.59 Å². The first kappa shape index (κ1) is 18.7. The minimum atomic E-state index is -0.303. The average Bonchev–Trinajstić information content (AvgIpc) is 3.09. The van der Waals surface area contributed by atoms with Gasteiger partial charge in [0.05, 0.1) is 23.3 Å². The molecule has 7 heteroatoms. The molecule has 2 N–H and O–H groups in total. The van der Waals surface area contributed by atoms with Gasteiger partial charge in [0.15, 0.2) is 0 Å². The molecule has 0 aliphatic rings. The number of aromatic nitrogens is 2. The topological polar surface area (TPSA) is 76.0 Å². The molecule has 0 saturated carbocycles. The Hall–Kier alpha value is -3.12. The molecule has 0 aliphatic carbocycles. The number of carbonyl (C=O) groups excluding carboxylic acids is 2. The van der Waals surface area contributed by atoms with Crippen LogP contribution in [0.25, 0.3) is 0 Å². The van der Waals surface area contributed by atoms with Crippen molar-refractivity contribution in [2.75, 3.05) is 11.9 Å². The van der Waals surface area contributed by atoms with E-state index in [-0.39, 0.29) is 24.8 Å². The minimum Gasteiger partial charge on any atom is -0.351 e. The summed E-state index contributed by atoms with van der Waals surface area (Å²) in [5.74, 6) is 0.105. The van der Waals surface area contributed by atoms with Gasteiger partial charge in [-0.3, -0.25) is 9.59 Å². The number of amides is 2. The van der Waals surface area contributed by atoms with E-state index in [0.717, 1.165) is 5.56 Å². The van der Waals surface area contributed by atoms with Crippen molar-refractivity contribution in [3.05, 3.63) is 83.0 Å². The molecular formula is C20H19ClN4O2. The van der Waals surface area contributed by atoms with Crippen molar-refractivity contribution in [3.8, 4) is 0 Å². The molecule has 0 atom stereocenters. The SMILES string of the molecule is O=C(CCNC(=O)c1ccccc1Cl)Nc1ccnn1Cc1ccccc1. The number of carbonyl (C=O) groups is 2. The summed E-state index contributed by atoms with van der Waals surface area (Å²) < 4.78 is 1.72. The quantitative estimate of drug-likeness (QED) is 0.658. The fraction of sp³-hybridized carbons (Fsp3) is 0.150. The van der Waals surface area contributed by atoms with Crippen molar-refractivity contribution in [1.29, 1.82) is 0 Å². The number of nitrogens with zero attached hydrogens (tertiary/aromatic N) is 2. The Morgan fingerprint density at radius 1 is 1.00 bits per heavy atom. The van der Waals surface area contributed by atoms with E-state index in [1.807, 2.05) is 30.3 Å². The molecule has 3 aromatic rings. The first-order chi connectivity index (χ1) is 13.1. The molecule has 0 fully saturated rings. The van der Waals surface area contributed by atoms with Crippen LogP contribution in [0.2, 0.25) is 5.02 Å². The summed E-state index contributed by atoms with van der Waals surface area (Å²) in [6, 6.07) is 18.4. The van der Waals surface area contributed by atoms with E-state index in [1.165, 1.54) is 0 Å². The van der Waals surface area contributed by atoms with Crippen LogP contribution in [-0.2, 0) is 11.3 Å². The van der Waals surface area contributed by atoms with Gasteiger partial charge in [-0.2, -0.15) is 5.10 Å². The second kappa shape index (κ2) is 9.00. The van der Waals surface area contributed by atoms with E-state index in [4.69, 9.17) is 11.6 Å². The van der Waals surface area contributed by atoms with Gasteiger partial charge in [-0.1, -0.05) is 54.1 Å². The van der Waals surface area contributed by atoms with E-state index in [1.54, 1.807) is 41.2 Å². The average molecular weight is 383 g/mol. The maximum Gasteiger partial charge on any atom is 0.252 e. The van der Waals surface area contributed by atoms with Gasteiger partial charge in [0.2, 0.25) is 5.91 Å². The lowest BCUT2D eigenvalue weighted by molar-refractivity contribution is -0.116. The van der Waals surface area contributed by atoms with Crippen LogP contribution in [0, 0.1) is 0 Å². The van der Waals surface area contributed by atoms with E-state index in [2.05, 4.69) is 15.7 Å². The van der Waals surface area contributed by atoms with Crippen LogP contribution in [0.4, 0.5) is 5.82 Å². The first-order valence-electron chi connectivity index (χ1n) is 8.52. The Bertz CT molecular complexity index is 924. The number of nitrogens with one attached hydrogen (secondary N) is 2. The van der Waals surface area contributed by atoms with Crippen LogP contribution in [0.5, 0.6) is 0 Å². The smallest absolute Gasteiger partial charge is 0.252 e. The molecular weight excluding hydrogens is 364 g/mol. The molecule has 6 nitrogen and oxygen atoms in total. The molecule has 0 aliphatic heterocycles. The normalized spacial score (nSPS) is 10.4. The summed E-state index contributed by atoms with van der Waals surface area (Å²) in [7, 11) is 0. The van der Waals surface area contributed by atoms with Crippen LogP contribution in [0.15, 0.2) is 66.9 Å². The third-order valence-electron chi connectivity index (χ3n) is 3.92. The predicted molar refractivity (Wildman–Crippen MR) is 105 cm³/mol. The zero-order valence-corrected chi connectivity index (χ0v) is 15.3. The van der Waals surface area contributed by atoms with Crippen molar-refractivity contribution < 1.29 is 9.59 Å². The van der Waals surface area contributed by atoms with Gasteiger partial charge in [-0.25, -0.2) is 4.68 Å². The van der Waals surface area contributed by atoms with Gasteiger partial charge in [0, 0.05) is 19.0 Å². The van der Waals surface area contributed by atoms with E-state index >= 15 is 0 Å². The Labute approximate surface area is 162 Å². The lowest BCUT2D eigenvalue weighted by Gasteiger charge is -2.10. The Balaban J connectivity index is 1.50. The second-order valence-electron chi connectivity index (χ2n) is 5.89. The van der Waals surface area contributed by atoms with E-state index < -0.39 is 0 Å². The highest BCUT2D eigenvalue weighted by molar-refractivity contribution is 6.33. The second-order valence-corrected chi connectivity index (χ2v) is 6.30. The summed E-state index contributed by atoms with van der Waals surface area (Å²) in [6.07, 6.45) is 1.78. The Kier molecular flexibility index (Phi) is 6.22. The fourth-order valence-electron chi connectivity index (χ4n) is 2.56. The summed E-state index contributed by atoms with van der Waals surface area (Å²) in [4.78, 5) is 24.3. The highest BCUT2D eigenvalue weighted by Gasteiger charge is 2.11. The lowest BCUT2D eigenvalue weighted by Crippen LogP contribution is -2.28. The zero-order valence-electron chi connectivity index (χ0n) is 14.6. The molecule has 2 aromatic carbocycles. The molecule has 138 valence electrons. The number of hydrogen-bond acceptors (Lipinski definition) is 3. The van der Waals surface area contributed by atoms with Gasteiger partial charge in [-0.05, 0) is 17.7 Å². The van der Waals surface area contributed by atoms with Gasteiger partial charge < -0.3 is 10.6 Å². The number of benzene rings is 2. The highest BCUT2D eigenvalue weighted by atomic mass is 35.5. The predicted octanol–water partition coefficient (Wildman–Crippen LogP) is 3.34. The number of halogens is 1. The van der Waals surface area contributed by atoms with E-state index in [0.29, 0.717) is 22.9 Å². The number of anilines is 1. The molecule has 2 amide bonds. The summed E-state index contributed by atoms with van der Waals surface area (Å²) in [5.41, 5.74) is 1.48. The Morgan fingerprint density at radius 3 is 2.52 bits per heavy atom. The van der Waals surface area contributed by atoms with Crippen molar-refractivity contribution in [1.82, 2.24) is 15.1 Å². The molecule has 0 spiro atoms. The van der Waals surface area contributed by atoms with Crippen LogP contribution in [0.1, 0.15) is 22.3 Å². The molecule has 1 heterocycles. The molecule has 0 radical (unpaired) electrons. The van der Waals surface area contributed by atoms with Crippen LogP contribution in [0.3, 0.4) is 0 Å². The maximum atomic E-state index is 12.2. The van der Waals surface area contributed by atoms with Crippen LogP contribution in [-0.4, -0.2) is 28.1 Å². The number of rotatable bonds is 7. The van der Waals surface area contributed by atoms with Crippen molar-refractivity contribution in [2.24, 2.45) is 0 Å². The molecule has 0 unspecified atom stereocenters. The summed E-state index contributed by atoms with van der Waals surface area (Å²) in [6.45, 7) is 0.773. The third kappa shape index (κ3) is 5.18.